The van der Waals surface area contributed by atoms with Gasteiger partial charge in [0.25, 0.3) is 11.8 Å². The van der Waals surface area contributed by atoms with Gasteiger partial charge >= 0.3 is 5.97 Å². The summed E-state index contributed by atoms with van der Waals surface area (Å²) in [6, 6.07) is 12.0. The minimum atomic E-state index is -0.801. The molecule has 2 aromatic rings. The van der Waals surface area contributed by atoms with Crippen LogP contribution in [0.2, 0.25) is 0 Å². The SMILES string of the molecule is COc1ccc(NC(=O)COC(=O)[C@H]2CC(=O)N(NC(=O)c3ccc(C(C)(C)C)cc3)C2)c(OC)c1. The van der Waals surface area contributed by atoms with Gasteiger partial charge in [-0.15, -0.1) is 0 Å². The van der Waals surface area contributed by atoms with Crippen LogP contribution in [0.1, 0.15) is 43.1 Å². The Balaban J connectivity index is 1.50. The second-order valence-corrected chi connectivity index (χ2v) is 9.40. The summed E-state index contributed by atoms with van der Waals surface area (Å²) in [6.45, 7) is 5.64. The van der Waals surface area contributed by atoms with E-state index in [0.717, 1.165) is 10.6 Å². The number of anilines is 1. The van der Waals surface area contributed by atoms with E-state index in [0.29, 0.717) is 22.7 Å². The molecule has 0 spiro atoms. The maximum atomic E-state index is 12.6. The molecule has 36 heavy (non-hydrogen) atoms. The van der Waals surface area contributed by atoms with Crippen molar-refractivity contribution in [1.82, 2.24) is 10.4 Å². The summed E-state index contributed by atoms with van der Waals surface area (Å²) in [5, 5.41) is 3.71. The predicted molar refractivity (Wildman–Crippen MR) is 132 cm³/mol. The highest BCUT2D eigenvalue weighted by molar-refractivity contribution is 5.97. The molecule has 1 aliphatic rings. The molecule has 0 unspecified atom stereocenters. The van der Waals surface area contributed by atoms with E-state index in [-0.39, 0.29) is 18.4 Å². The largest absolute Gasteiger partial charge is 0.497 e. The molecule has 192 valence electrons. The molecule has 2 N–H and O–H groups in total. The second kappa shape index (κ2) is 11.1. The molecule has 1 saturated heterocycles. The van der Waals surface area contributed by atoms with Crippen LogP contribution in [0.4, 0.5) is 5.69 Å². The van der Waals surface area contributed by atoms with Gasteiger partial charge in [-0.25, -0.2) is 0 Å². The Bertz CT molecular complexity index is 1140. The van der Waals surface area contributed by atoms with Crippen LogP contribution >= 0.6 is 0 Å². The van der Waals surface area contributed by atoms with E-state index < -0.39 is 36.2 Å². The highest BCUT2D eigenvalue weighted by Gasteiger charge is 2.36. The topological polar surface area (TPSA) is 123 Å². The summed E-state index contributed by atoms with van der Waals surface area (Å²) >= 11 is 0. The van der Waals surface area contributed by atoms with Gasteiger partial charge < -0.3 is 19.5 Å². The summed E-state index contributed by atoms with van der Waals surface area (Å²) < 4.78 is 15.4. The monoisotopic (exact) mass is 497 g/mol. The molecule has 1 atom stereocenters. The van der Waals surface area contributed by atoms with Gasteiger partial charge in [0.15, 0.2) is 6.61 Å². The Morgan fingerprint density at radius 1 is 1.03 bits per heavy atom. The highest BCUT2D eigenvalue weighted by Crippen LogP contribution is 2.29. The Labute approximate surface area is 209 Å². The lowest BCUT2D eigenvalue weighted by Crippen LogP contribution is -2.43. The fraction of sp³-hybridized carbons (Fsp3) is 0.385. The number of rotatable bonds is 8. The lowest BCUT2D eigenvalue weighted by Gasteiger charge is -2.20. The van der Waals surface area contributed by atoms with E-state index in [2.05, 4.69) is 31.5 Å². The van der Waals surface area contributed by atoms with Crippen molar-refractivity contribution in [2.75, 3.05) is 32.7 Å². The Kier molecular flexibility index (Phi) is 8.18. The zero-order valence-electron chi connectivity index (χ0n) is 21.0. The van der Waals surface area contributed by atoms with Gasteiger partial charge in [-0.3, -0.25) is 29.6 Å². The number of methoxy groups -OCH3 is 2. The summed E-state index contributed by atoms with van der Waals surface area (Å²) in [5.74, 6) is -2.00. The summed E-state index contributed by atoms with van der Waals surface area (Å²) in [4.78, 5) is 49.6. The van der Waals surface area contributed by atoms with Gasteiger partial charge in [0.05, 0.1) is 32.4 Å². The molecule has 0 aromatic heterocycles. The minimum absolute atomic E-state index is 0.0442. The molecular weight excluding hydrogens is 466 g/mol. The van der Waals surface area contributed by atoms with Crippen molar-refractivity contribution in [1.29, 1.82) is 0 Å². The zero-order valence-corrected chi connectivity index (χ0v) is 21.0. The molecule has 1 fully saturated rings. The average molecular weight is 498 g/mol. The van der Waals surface area contributed by atoms with Gasteiger partial charge in [-0.1, -0.05) is 32.9 Å². The van der Waals surface area contributed by atoms with Gasteiger partial charge in [-0.05, 0) is 35.2 Å². The Morgan fingerprint density at radius 2 is 1.72 bits per heavy atom. The molecule has 10 heteroatoms. The summed E-state index contributed by atoms with van der Waals surface area (Å²) in [7, 11) is 2.96. The van der Waals surface area contributed by atoms with Crippen LogP contribution in [-0.4, -0.2) is 56.1 Å². The number of carbonyl (C=O) groups excluding carboxylic acids is 4. The molecule has 1 heterocycles. The van der Waals surface area contributed by atoms with E-state index in [1.54, 1.807) is 30.3 Å². The predicted octanol–water partition coefficient (Wildman–Crippen LogP) is 2.68. The van der Waals surface area contributed by atoms with Crippen molar-refractivity contribution in [3.05, 3.63) is 53.6 Å². The third-order valence-electron chi connectivity index (χ3n) is 5.74. The van der Waals surface area contributed by atoms with Crippen molar-refractivity contribution >= 4 is 29.4 Å². The maximum Gasteiger partial charge on any atom is 0.311 e. The standard InChI is InChI=1S/C26H31N3O7/c1-26(2,3)18-8-6-16(7-9-18)24(32)28-29-14-17(12-23(29)31)25(33)36-15-22(30)27-20-11-10-19(34-4)13-21(20)35-5/h6-11,13,17H,12,14-15H2,1-5H3,(H,27,30)(H,28,32)/t17-/m0/s1. The molecular formula is C26H31N3O7. The number of nitrogens with one attached hydrogen (secondary N) is 2. The smallest absolute Gasteiger partial charge is 0.311 e. The lowest BCUT2D eigenvalue weighted by molar-refractivity contribution is -0.151. The third-order valence-corrected chi connectivity index (χ3v) is 5.74. The van der Waals surface area contributed by atoms with Gasteiger partial charge in [0.1, 0.15) is 11.5 Å². The van der Waals surface area contributed by atoms with Crippen molar-refractivity contribution in [3.8, 4) is 11.5 Å². The fourth-order valence-electron chi connectivity index (χ4n) is 3.62. The van der Waals surface area contributed by atoms with Gasteiger partial charge in [0.2, 0.25) is 5.91 Å². The van der Waals surface area contributed by atoms with Gasteiger partial charge in [0, 0.05) is 18.1 Å². The van der Waals surface area contributed by atoms with Crippen LogP contribution in [0.3, 0.4) is 0 Å². The number of esters is 1. The quantitative estimate of drug-likeness (QED) is 0.538. The number of ether oxygens (including phenoxy) is 3. The van der Waals surface area contributed by atoms with Crippen LogP contribution in [-0.2, 0) is 24.5 Å². The number of hydrazine groups is 1. The zero-order chi connectivity index (χ0) is 26.5. The van der Waals surface area contributed by atoms with E-state index in [9.17, 15) is 19.2 Å². The number of benzene rings is 2. The Hall–Kier alpha value is -4.08. The summed E-state index contributed by atoms with van der Waals surface area (Å²) in [6.07, 6.45) is -0.129. The second-order valence-electron chi connectivity index (χ2n) is 9.40. The van der Waals surface area contributed by atoms with Crippen molar-refractivity contribution < 1.29 is 33.4 Å². The molecule has 0 radical (unpaired) electrons. The fourth-order valence-corrected chi connectivity index (χ4v) is 3.62. The van der Waals surface area contributed by atoms with Crippen molar-refractivity contribution in [2.45, 2.75) is 32.6 Å². The van der Waals surface area contributed by atoms with Crippen LogP contribution in [0.15, 0.2) is 42.5 Å². The molecule has 3 rings (SSSR count). The van der Waals surface area contributed by atoms with Crippen molar-refractivity contribution in [3.63, 3.8) is 0 Å². The number of hydrogen-bond donors (Lipinski definition) is 2. The number of carbonyl (C=O) groups is 4. The lowest BCUT2D eigenvalue weighted by atomic mass is 9.87. The number of hydrogen-bond acceptors (Lipinski definition) is 7. The van der Waals surface area contributed by atoms with Gasteiger partial charge in [-0.2, -0.15) is 0 Å². The maximum absolute atomic E-state index is 12.6. The summed E-state index contributed by atoms with van der Waals surface area (Å²) in [5.41, 5.74) is 4.35. The Morgan fingerprint density at radius 3 is 2.33 bits per heavy atom. The van der Waals surface area contributed by atoms with E-state index in [1.807, 2.05) is 12.1 Å². The molecule has 1 aliphatic heterocycles. The number of nitrogens with zero attached hydrogens (tertiary/aromatic N) is 1. The first-order valence-electron chi connectivity index (χ1n) is 11.4. The molecule has 2 aromatic carbocycles. The molecule has 0 saturated carbocycles. The normalized spacial score (nSPS) is 15.3. The average Bonchev–Trinajstić information content (AvgIpc) is 3.22. The van der Waals surface area contributed by atoms with Crippen LogP contribution in [0, 0.1) is 5.92 Å². The first-order chi connectivity index (χ1) is 17.0. The van der Waals surface area contributed by atoms with Crippen LogP contribution in [0.5, 0.6) is 11.5 Å². The molecule has 10 nitrogen and oxygen atoms in total. The highest BCUT2D eigenvalue weighted by atomic mass is 16.5. The molecule has 0 bridgehead atoms. The third kappa shape index (κ3) is 6.53. The first-order valence-corrected chi connectivity index (χ1v) is 11.4. The van der Waals surface area contributed by atoms with E-state index in [1.165, 1.54) is 14.2 Å². The number of amides is 3. The molecule has 3 amide bonds. The molecule has 0 aliphatic carbocycles. The van der Waals surface area contributed by atoms with E-state index in [4.69, 9.17) is 14.2 Å². The van der Waals surface area contributed by atoms with E-state index >= 15 is 0 Å². The van der Waals surface area contributed by atoms with Crippen LogP contribution < -0.4 is 20.2 Å². The van der Waals surface area contributed by atoms with Crippen LogP contribution in [0.25, 0.3) is 0 Å². The van der Waals surface area contributed by atoms with Crippen molar-refractivity contribution in [2.24, 2.45) is 5.92 Å². The minimum Gasteiger partial charge on any atom is -0.497 e. The first kappa shape index (κ1) is 26.5.